The Labute approximate surface area is 657 Å². The molecule has 9 fully saturated rings. The first-order valence-corrected chi connectivity index (χ1v) is 40.6. The number of aromatic amines is 5. The van der Waals surface area contributed by atoms with Crippen LogP contribution >= 0.6 is 46.4 Å². The third-order valence-electron chi connectivity index (χ3n) is 23.3. The summed E-state index contributed by atoms with van der Waals surface area (Å²) >= 11 is 24.9. The van der Waals surface area contributed by atoms with Crippen molar-refractivity contribution in [2.24, 2.45) is 28.1 Å². The van der Waals surface area contributed by atoms with Gasteiger partial charge in [0.15, 0.2) is 0 Å². The van der Waals surface area contributed by atoms with E-state index in [2.05, 4.69) is 122 Å². The van der Waals surface area contributed by atoms with Crippen molar-refractivity contribution in [2.75, 3.05) is 130 Å². The zero-order chi connectivity index (χ0) is 78.7. The molecule has 9 aliphatic rings. The minimum absolute atomic E-state index is 0.00293. The molecule has 5 aromatic heterocycles. The van der Waals surface area contributed by atoms with Gasteiger partial charge < -0.3 is 44.9 Å². The molecule has 0 radical (unpaired) electrons. The van der Waals surface area contributed by atoms with Crippen molar-refractivity contribution >= 4 is 157 Å². The number of fused-ring (bicyclic) bond motifs is 13. The number of sulfonamides is 1. The number of anilines is 5. The van der Waals surface area contributed by atoms with E-state index in [1.54, 1.807) is 39.0 Å². The van der Waals surface area contributed by atoms with E-state index in [1.165, 1.54) is 40.5 Å². The highest BCUT2D eigenvalue weighted by Gasteiger charge is 2.45. The number of carbonyl (C=O) groups excluding carboxylic acids is 3. The number of hydrogen-bond donors (Lipinski definition) is 7. The number of aromatic nitrogens is 10. The van der Waals surface area contributed by atoms with Gasteiger partial charge >= 0.3 is 6.18 Å². The molecule has 0 spiro atoms. The third kappa shape index (κ3) is 17.3. The second-order valence-electron chi connectivity index (χ2n) is 32.5. The number of benzene rings is 5. The second-order valence-corrected chi connectivity index (χ2v) is 36.3. The van der Waals surface area contributed by atoms with Crippen LogP contribution in [0.4, 0.5) is 41.6 Å². The minimum atomic E-state index is -4.43. The van der Waals surface area contributed by atoms with Crippen LogP contribution in [0.3, 0.4) is 0 Å². The Morgan fingerprint density at radius 1 is 0.555 bits per heavy atom. The Morgan fingerprint density at radius 2 is 0.982 bits per heavy atom. The number of H-pyrrole nitrogens is 5. The number of alkyl halides is 3. The van der Waals surface area contributed by atoms with Crippen LogP contribution in [0.1, 0.15) is 92.6 Å². The molecule has 9 saturated heterocycles. The van der Waals surface area contributed by atoms with Crippen molar-refractivity contribution in [1.82, 2.24) is 75.7 Å². The molecular weight excluding hydrogens is 1520 g/mol. The summed E-state index contributed by atoms with van der Waals surface area (Å²) in [6, 6.07) is 18.7. The van der Waals surface area contributed by atoms with Gasteiger partial charge in [-0.1, -0.05) is 81.0 Å². The first-order valence-electron chi connectivity index (χ1n) is 37.2. The Bertz CT molecular complexity index is 5110. The summed E-state index contributed by atoms with van der Waals surface area (Å²) in [5.74, 6) is 0.815. The lowest BCUT2D eigenvalue weighted by atomic mass is 9.78. The number of piperidine rings is 4. The van der Waals surface area contributed by atoms with Crippen LogP contribution in [0, 0.1) is 28.1 Å². The molecule has 9 aliphatic heterocycles. The highest BCUT2D eigenvalue weighted by molar-refractivity contribution is 7.88. The van der Waals surface area contributed by atoms with Gasteiger partial charge in [-0.3, -0.25) is 39.9 Å². The summed E-state index contributed by atoms with van der Waals surface area (Å²) in [7, 11) is 2.14. The topological polar surface area (TPSA) is 279 Å². The lowest BCUT2D eigenvalue weighted by molar-refractivity contribution is -0.138. The molecule has 590 valence electrons. The number of halogens is 7. The number of nitrogens with zero attached hydrogens (tertiary/aromatic N) is 13. The fourth-order valence-corrected chi connectivity index (χ4v) is 19.1. The monoisotopic (exact) mass is 1610 g/mol. The fraction of sp³-hybridized carbons (Fsp3) is 0.506. The van der Waals surface area contributed by atoms with Crippen molar-refractivity contribution in [3.63, 3.8) is 0 Å². The Morgan fingerprint density at radius 3 is 1.40 bits per heavy atom. The summed E-state index contributed by atoms with van der Waals surface area (Å²) in [5, 5.41) is 49.3. The first-order chi connectivity index (χ1) is 52.0. The van der Waals surface area contributed by atoms with Gasteiger partial charge in [-0.25, -0.2) is 12.7 Å². The maximum atomic E-state index is 13.2. The SMILES string of the molecule is CC(=O)N(C)C1CCN(c2cc(Cl)cc3[nH]ncc23)CC1(C)C.CC(=O)NCC1(C)CN(c2cc(Cl)cc3[nH]ncc23)C1.CN(C1CCN(c2cc(Cl)cc3[nH]ncc23)CC1(C)C)S(C)(=O)=O.CN1C(=O)[C@@H]2CC[C@H]1CN(c1cc(C(F)(F)F)cc3[nH]ncc13)C2.Clc1cc(N2C[C@H]3CC[C@@H](C2)NC3)c2cn[nH]c2c1. The number of nitrogens with one attached hydrogen (secondary N) is 7. The van der Waals surface area contributed by atoms with Crippen molar-refractivity contribution in [2.45, 2.75) is 117 Å². The van der Waals surface area contributed by atoms with Crippen LogP contribution in [0.25, 0.3) is 54.5 Å². The number of hydrogen-bond acceptors (Lipinski definition) is 16. The van der Waals surface area contributed by atoms with Crippen LogP contribution in [-0.4, -0.2) is 221 Å². The summed E-state index contributed by atoms with van der Waals surface area (Å²) in [6.07, 6.45) is 11.8. The fourth-order valence-electron chi connectivity index (χ4n) is 17.4. The second kappa shape index (κ2) is 31.7. The highest BCUT2D eigenvalue weighted by Crippen LogP contribution is 2.44. The van der Waals surface area contributed by atoms with E-state index >= 15 is 0 Å². The van der Waals surface area contributed by atoms with E-state index in [0.29, 0.717) is 57.3 Å². The lowest BCUT2D eigenvalue weighted by Gasteiger charge is -2.49. The van der Waals surface area contributed by atoms with Gasteiger partial charge in [-0.05, 0) is 117 Å². The number of rotatable bonds is 10. The molecule has 0 aliphatic carbocycles. The largest absolute Gasteiger partial charge is 0.416 e. The van der Waals surface area contributed by atoms with Crippen molar-refractivity contribution in [1.29, 1.82) is 0 Å². The maximum Gasteiger partial charge on any atom is 0.416 e. The molecular formula is C77H97Cl4F3N20O5S. The van der Waals surface area contributed by atoms with Gasteiger partial charge in [-0.15, -0.1) is 0 Å². The van der Waals surface area contributed by atoms with Crippen molar-refractivity contribution < 1.29 is 36.0 Å². The molecule has 10 aromatic rings. The smallest absolute Gasteiger partial charge is 0.370 e. The van der Waals surface area contributed by atoms with E-state index in [9.17, 15) is 36.0 Å². The van der Waals surface area contributed by atoms with E-state index in [-0.39, 0.29) is 58.0 Å². The average Bonchev–Trinajstić information content (AvgIpc) is 1.32. The maximum absolute atomic E-state index is 13.2. The molecule has 0 saturated carbocycles. The van der Waals surface area contributed by atoms with Gasteiger partial charge in [0.1, 0.15) is 0 Å². The molecule has 19 rings (SSSR count). The molecule has 2 unspecified atom stereocenters. The molecule has 4 bridgehead atoms. The molecule has 5 aromatic carbocycles. The number of likely N-dealkylation sites (N-methyl/N-ethyl adjacent to an activating group) is 1. The third-order valence-corrected chi connectivity index (χ3v) is 25.4. The Balaban J connectivity index is 0.000000121. The normalized spacial score (nSPS) is 22.2. The van der Waals surface area contributed by atoms with E-state index in [4.69, 9.17) is 46.4 Å². The predicted octanol–water partition coefficient (Wildman–Crippen LogP) is 13.2. The summed E-state index contributed by atoms with van der Waals surface area (Å²) in [4.78, 5) is 50.0. The molecule has 14 heterocycles. The molecule has 6 atom stereocenters. The van der Waals surface area contributed by atoms with Gasteiger partial charge in [0.05, 0.1) is 76.3 Å². The van der Waals surface area contributed by atoms with Gasteiger partial charge in [0.2, 0.25) is 27.7 Å². The summed E-state index contributed by atoms with van der Waals surface area (Å²) < 4.78 is 65.1. The Kier molecular flexibility index (Phi) is 23.0. The van der Waals surface area contributed by atoms with Crippen LogP contribution in [-0.2, 0) is 30.6 Å². The molecule has 25 nitrogen and oxygen atoms in total. The summed E-state index contributed by atoms with van der Waals surface area (Å²) in [5.41, 5.74) is 8.37. The summed E-state index contributed by atoms with van der Waals surface area (Å²) in [6.45, 7) is 24.1. The van der Waals surface area contributed by atoms with Gasteiger partial charge in [0, 0.05) is 217 Å². The highest BCUT2D eigenvalue weighted by atomic mass is 35.5. The number of carbonyl (C=O) groups is 3. The van der Waals surface area contributed by atoms with Gasteiger partial charge in [-0.2, -0.15) is 38.7 Å². The minimum Gasteiger partial charge on any atom is -0.370 e. The van der Waals surface area contributed by atoms with E-state index < -0.39 is 21.8 Å². The van der Waals surface area contributed by atoms with E-state index in [1.807, 2.05) is 84.1 Å². The number of amides is 3. The first kappa shape index (κ1) is 79.8. The lowest BCUT2D eigenvalue weighted by Crippen LogP contribution is -2.59. The molecule has 110 heavy (non-hydrogen) atoms. The van der Waals surface area contributed by atoms with Gasteiger partial charge in [0.25, 0.3) is 0 Å². The van der Waals surface area contributed by atoms with Crippen molar-refractivity contribution in [3.05, 3.63) is 117 Å². The van der Waals surface area contributed by atoms with Crippen LogP contribution < -0.4 is 35.1 Å². The average molecular weight is 1610 g/mol. The van der Waals surface area contributed by atoms with Crippen LogP contribution in [0.2, 0.25) is 20.1 Å². The molecule has 33 heteroatoms. The van der Waals surface area contributed by atoms with Crippen LogP contribution in [0.15, 0.2) is 91.6 Å². The standard InChI is InChI=1S/C17H23ClN4O.C16H23ClN4O2S.C16H17F3N4O.C14H17ClN4O.C14H17ClN4/c1-11(23)21(4)16-5-6-22(10-17(16,2)3)15-8-12(18)7-14-13(15)9-19-20-14;1-16(2)10-21(6-5-15(16)20(3)24(4,22)23)14-8-11(17)7-13-12(14)9-18-19-13;1-22-11-3-2-9(15(22)24)7-23(8-11)14-5-10(16(17,18)19)4-13-12(14)6-20-21-13;1-9(20)16-6-14(2)7-19(8-14)13-4-10(15)3-12-11(13)5-17-18-12;15-10-3-13-12(6-17-18-13)14(4-10)19-7-9-1-2-11(8-19)16-5-9/h7-9,16H,5-6,10H2,1-4H3,(H,19,20);7-9,15H,5-6,10H2,1-4H3,(H,18,19);4-6,9,11H,2-3,7-8H2,1H3,(H,20,21);3-5H,6-8H2,1-2H3,(H,16,20)(H,17,18);3-4,6,9,11,16H,1-2,5,7-8H2,(H,17,18)/t;;9-,11+;;9-,11-/m..1.0/s1. The molecule has 7 N–H and O–H groups in total. The van der Waals surface area contributed by atoms with Crippen LogP contribution in [0.5, 0.6) is 0 Å². The molecule has 3 amide bonds. The quantitative estimate of drug-likeness (QED) is 0.0670. The van der Waals surface area contributed by atoms with E-state index in [0.717, 1.165) is 157 Å². The zero-order valence-electron chi connectivity index (χ0n) is 63.8. The zero-order valence-corrected chi connectivity index (χ0v) is 67.6. The van der Waals surface area contributed by atoms with Crippen molar-refractivity contribution in [3.8, 4) is 0 Å². The Hall–Kier alpha value is -8.32. The predicted molar refractivity (Wildman–Crippen MR) is 433 cm³/mol.